The quantitative estimate of drug-likeness (QED) is 0.141. The van der Waals surface area contributed by atoms with E-state index in [1.54, 1.807) is 0 Å². The number of unbranched alkanes of at least 4 members (excludes halogenated alkanes) is 2. The maximum atomic E-state index is 12.1. The normalized spacial score (nSPS) is 12.9. The van der Waals surface area contributed by atoms with Crippen LogP contribution in [0.25, 0.3) is 0 Å². The number of hydrogen-bond acceptors (Lipinski definition) is 9. The van der Waals surface area contributed by atoms with Crippen molar-refractivity contribution in [3.63, 3.8) is 0 Å². The average molecular weight is 611 g/mol. The van der Waals surface area contributed by atoms with Gasteiger partial charge in [0, 0.05) is 0 Å². The number of carboxylic acids is 2. The fraction of sp³-hybridized carbons (Fsp3) is 0.643. The first-order valence-electron chi connectivity index (χ1n) is 13.6. The molecule has 0 saturated heterocycles. The minimum Gasteiger partial charge on any atom is -0.747 e. The fourth-order valence-electron chi connectivity index (χ4n) is 3.57. The van der Waals surface area contributed by atoms with Crippen molar-refractivity contribution in [1.82, 2.24) is 0 Å². The summed E-state index contributed by atoms with van der Waals surface area (Å²) < 4.78 is 44.6. The zero-order valence-electron chi connectivity index (χ0n) is 24.8. The van der Waals surface area contributed by atoms with E-state index in [0.29, 0.717) is 0 Å². The van der Waals surface area contributed by atoms with Gasteiger partial charge in [0.05, 0.1) is 30.8 Å². The molecule has 1 rings (SSSR count). The van der Waals surface area contributed by atoms with Crippen molar-refractivity contribution in [3.05, 3.63) is 35.4 Å². The van der Waals surface area contributed by atoms with Gasteiger partial charge in [0.1, 0.15) is 10.1 Å². The molecule has 2 N–H and O–H groups in total. The second kappa shape index (κ2) is 22.6. The third kappa shape index (κ3) is 18.2. The van der Waals surface area contributed by atoms with Gasteiger partial charge in [-0.3, -0.25) is 9.59 Å². The van der Waals surface area contributed by atoms with E-state index in [1.165, 1.54) is 24.3 Å². The predicted octanol–water partition coefficient (Wildman–Crippen LogP) is 1.90. The van der Waals surface area contributed by atoms with E-state index >= 15 is 0 Å². The molecular formula is C28H43NaO11S. The summed E-state index contributed by atoms with van der Waals surface area (Å²) in [6, 6.07) is 5.02. The van der Waals surface area contributed by atoms with Crippen molar-refractivity contribution in [1.29, 1.82) is 0 Å². The van der Waals surface area contributed by atoms with E-state index in [-0.39, 0.29) is 65.7 Å². The molecule has 0 bridgehead atoms. The molecule has 13 heteroatoms. The van der Waals surface area contributed by atoms with Crippen molar-refractivity contribution < 1.29 is 81.4 Å². The van der Waals surface area contributed by atoms with Crippen LogP contribution >= 0.6 is 0 Å². The molecule has 0 saturated carbocycles. The molecule has 1 aromatic carbocycles. The first-order valence-corrected chi connectivity index (χ1v) is 15.1. The topological polar surface area (TPSA) is 184 Å². The van der Waals surface area contributed by atoms with Crippen LogP contribution in [-0.4, -0.2) is 65.5 Å². The number of aromatic carboxylic acids is 2. The first-order chi connectivity index (χ1) is 18.8. The monoisotopic (exact) mass is 610 g/mol. The number of ether oxygens (including phenoxy) is 2. The molecule has 0 spiro atoms. The maximum Gasteiger partial charge on any atom is 1.00 e. The van der Waals surface area contributed by atoms with E-state index in [2.05, 4.69) is 13.8 Å². The Hall–Kier alpha value is -1.99. The molecule has 0 heterocycles. The van der Waals surface area contributed by atoms with E-state index in [9.17, 15) is 32.1 Å². The second-order valence-electron chi connectivity index (χ2n) is 9.52. The minimum atomic E-state index is -5.01. The average Bonchev–Trinajstić information content (AvgIpc) is 2.91. The number of benzene rings is 1. The Morgan fingerprint density at radius 3 is 1.49 bits per heavy atom. The Bertz CT molecular complexity index is 993. The van der Waals surface area contributed by atoms with Crippen molar-refractivity contribution in [2.24, 2.45) is 11.8 Å². The number of carbonyl (C=O) groups excluding carboxylic acids is 2. The number of esters is 2. The van der Waals surface area contributed by atoms with Crippen LogP contribution in [0.5, 0.6) is 0 Å². The molecule has 41 heavy (non-hydrogen) atoms. The molecular weight excluding hydrogens is 567 g/mol. The van der Waals surface area contributed by atoms with Crippen LogP contribution in [0.15, 0.2) is 24.3 Å². The minimum absolute atomic E-state index is 0. The van der Waals surface area contributed by atoms with Crippen LogP contribution in [0.4, 0.5) is 0 Å². The summed E-state index contributed by atoms with van der Waals surface area (Å²) in [4.78, 5) is 44.8. The summed E-state index contributed by atoms with van der Waals surface area (Å²) in [5, 5.41) is 14.9. The summed E-state index contributed by atoms with van der Waals surface area (Å²) >= 11 is 0. The van der Waals surface area contributed by atoms with Crippen LogP contribution in [0.1, 0.15) is 106 Å². The predicted molar refractivity (Wildman–Crippen MR) is 147 cm³/mol. The Kier molecular flexibility index (Phi) is 22.7. The number of rotatable bonds is 18. The number of carboxylic acid groups (broad SMARTS) is 2. The third-order valence-corrected chi connectivity index (χ3v) is 7.43. The molecule has 0 aliphatic rings. The standard InChI is InChI=1S/C20H38O7S.C8H6O4.Na/c1-5-9-11-16(7-3)14-26-19(21)13-18(28(23,24)25)20(22)27-15-17(8-4)12-10-6-2;9-7(10)5-1-2-6(4-3-5)8(11)12;/h16-18H,5-15H2,1-4H3,(H,23,24,25);1-4H,(H,9,10)(H,11,12);/q;;+1/p-1. The first kappa shape index (κ1) is 41.1. The zero-order valence-corrected chi connectivity index (χ0v) is 27.6. The molecule has 0 radical (unpaired) electrons. The van der Waals surface area contributed by atoms with Crippen LogP contribution in [0, 0.1) is 11.8 Å². The Morgan fingerprint density at radius 1 is 0.780 bits per heavy atom. The van der Waals surface area contributed by atoms with Gasteiger partial charge in [-0.15, -0.1) is 0 Å². The van der Waals surface area contributed by atoms with Crippen molar-refractivity contribution in [2.45, 2.75) is 90.7 Å². The van der Waals surface area contributed by atoms with Crippen molar-refractivity contribution >= 4 is 34.0 Å². The van der Waals surface area contributed by atoms with Crippen LogP contribution < -0.4 is 29.6 Å². The van der Waals surface area contributed by atoms with E-state index < -0.39 is 45.7 Å². The van der Waals surface area contributed by atoms with Gasteiger partial charge in [0.25, 0.3) is 0 Å². The van der Waals surface area contributed by atoms with Gasteiger partial charge in [-0.05, 0) is 48.9 Å². The van der Waals surface area contributed by atoms with Gasteiger partial charge < -0.3 is 24.2 Å². The molecule has 1 aromatic rings. The van der Waals surface area contributed by atoms with Crippen LogP contribution in [0.3, 0.4) is 0 Å². The Balaban J connectivity index is 0. The largest absolute Gasteiger partial charge is 1.00 e. The van der Waals surface area contributed by atoms with Gasteiger partial charge in [-0.25, -0.2) is 18.0 Å². The Morgan fingerprint density at radius 2 is 1.17 bits per heavy atom. The smallest absolute Gasteiger partial charge is 0.747 e. The summed E-state index contributed by atoms with van der Waals surface area (Å²) in [6.07, 6.45) is 6.58. The van der Waals surface area contributed by atoms with E-state index in [0.717, 1.165) is 51.4 Å². The third-order valence-electron chi connectivity index (χ3n) is 6.37. The fourth-order valence-corrected chi connectivity index (χ4v) is 4.21. The molecule has 0 aliphatic carbocycles. The van der Waals surface area contributed by atoms with Crippen LogP contribution in [-0.2, 0) is 29.2 Å². The zero-order chi connectivity index (χ0) is 30.7. The second-order valence-corrected chi connectivity index (χ2v) is 11.1. The molecule has 0 amide bonds. The van der Waals surface area contributed by atoms with Gasteiger partial charge in [0.2, 0.25) is 0 Å². The van der Waals surface area contributed by atoms with Crippen molar-refractivity contribution in [2.75, 3.05) is 13.2 Å². The van der Waals surface area contributed by atoms with Gasteiger partial charge in [-0.1, -0.05) is 66.2 Å². The summed E-state index contributed by atoms with van der Waals surface area (Å²) in [6.45, 7) is 8.26. The molecule has 11 nitrogen and oxygen atoms in total. The molecule has 0 aliphatic heterocycles. The molecule has 0 fully saturated rings. The van der Waals surface area contributed by atoms with Crippen LogP contribution in [0.2, 0.25) is 0 Å². The van der Waals surface area contributed by atoms with Crippen molar-refractivity contribution in [3.8, 4) is 0 Å². The van der Waals surface area contributed by atoms with Gasteiger partial charge in [0.15, 0.2) is 5.25 Å². The van der Waals surface area contributed by atoms with Gasteiger partial charge in [-0.2, -0.15) is 0 Å². The Labute approximate surface area is 265 Å². The summed E-state index contributed by atoms with van der Waals surface area (Å²) in [5.74, 6) is -3.87. The molecule has 3 atom stereocenters. The number of carbonyl (C=O) groups is 4. The van der Waals surface area contributed by atoms with E-state index in [4.69, 9.17) is 19.7 Å². The molecule has 0 aromatic heterocycles. The molecule has 3 unspecified atom stereocenters. The molecule has 228 valence electrons. The van der Waals surface area contributed by atoms with E-state index in [1.807, 2.05) is 13.8 Å². The number of hydrogen-bond donors (Lipinski definition) is 2. The maximum absolute atomic E-state index is 12.1. The summed E-state index contributed by atoms with van der Waals surface area (Å²) in [7, 11) is -5.01. The SMILES string of the molecule is CCCCC(CC)COC(=O)CC(C(=O)OCC(CC)CCCC)S(=O)(=O)[O-].O=C(O)c1ccc(C(=O)O)cc1.[Na+]. The van der Waals surface area contributed by atoms with Gasteiger partial charge >= 0.3 is 53.4 Å². The summed E-state index contributed by atoms with van der Waals surface area (Å²) in [5.41, 5.74) is 0.167.